The van der Waals surface area contributed by atoms with Crippen molar-refractivity contribution in [1.29, 1.82) is 0 Å². The minimum absolute atomic E-state index is 0.00661. The molecule has 0 spiro atoms. The van der Waals surface area contributed by atoms with E-state index in [0.717, 1.165) is 11.3 Å². The van der Waals surface area contributed by atoms with Crippen LogP contribution in [-0.2, 0) is 14.4 Å². The zero-order valence-electron chi connectivity index (χ0n) is 14.8. The lowest BCUT2D eigenvalue weighted by molar-refractivity contribution is -0.141. The van der Waals surface area contributed by atoms with E-state index in [0.29, 0.717) is 11.4 Å². The van der Waals surface area contributed by atoms with E-state index in [-0.39, 0.29) is 31.4 Å². The van der Waals surface area contributed by atoms with Gasteiger partial charge in [-0.15, -0.1) is 0 Å². The third-order valence-corrected chi connectivity index (χ3v) is 4.41. The van der Waals surface area contributed by atoms with Crippen molar-refractivity contribution in [2.45, 2.75) is 13.3 Å². The molecule has 7 nitrogen and oxygen atoms in total. The number of amides is 2. The number of anilines is 2. The van der Waals surface area contributed by atoms with Crippen molar-refractivity contribution in [2.24, 2.45) is 5.92 Å². The molecule has 7 heteroatoms. The monoisotopic (exact) mass is 368 g/mol. The van der Waals surface area contributed by atoms with Crippen LogP contribution < -0.4 is 15.0 Å². The molecule has 2 aromatic carbocycles. The number of nitrogens with zero attached hydrogens (tertiary/aromatic N) is 1. The molecule has 0 aliphatic carbocycles. The number of carbonyl (C=O) groups is 3. The van der Waals surface area contributed by atoms with Crippen LogP contribution in [0.3, 0.4) is 0 Å². The average Bonchev–Trinajstić information content (AvgIpc) is 3.04. The van der Waals surface area contributed by atoms with Gasteiger partial charge in [0.15, 0.2) is 6.61 Å². The molecule has 140 valence electrons. The number of carboxylic acid groups (broad SMARTS) is 1. The Bertz CT molecular complexity index is 863. The predicted molar refractivity (Wildman–Crippen MR) is 99.8 cm³/mol. The van der Waals surface area contributed by atoms with Gasteiger partial charge in [0.1, 0.15) is 5.75 Å². The first-order chi connectivity index (χ1) is 12.9. The van der Waals surface area contributed by atoms with Gasteiger partial charge in [-0.3, -0.25) is 14.4 Å². The Kier molecular flexibility index (Phi) is 5.40. The Labute approximate surface area is 156 Å². The first-order valence-corrected chi connectivity index (χ1v) is 8.55. The molecule has 2 N–H and O–H groups in total. The second kappa shape index (κ2) is 7.90. The Morgan fingerprint density at radius 1 is 1.19 bits per heavy atom. The Hall–Kier alpha value is -3.35. The van der Waals surface area contributed by atoms with Crippen LogP contribution in [0.2, 0.25) is 0 Å². The van der Waals surface area contributed by atoms with Crippen LogP contribution in [0.1, 0.15) is 12.0 Å². The van der Waals surface area contributed by atoms with Crippen molar-refractivity contribution in [3.63, 3.8) is 0 Å². The molecule has 1 saturated heterocycles. The Balaban J connectivity index is 1.55. The van der Waals surface area contributed by atoms with Gasteiger partial charge < -0.3 is 20.1 Å². The lowest BCUT2D eigenvalue weighted by Crippen LogP contribution is -2.25. The fourth-order valence-electron chi connectivity index (χ4n) is 2.89. The molecule has 1 aliphatic heterocycles. The van der Waals surface area contributed by atoms with Crippen LogP contribution in [0.5, 0.6) is 5.75 Å². The van der Waals surface area contributed by atoms with Gasteiger partial charge in [0.25, 0.3) is 5.91 Å². The summed E-state index contributed by atoms with van der Waals surface area (Å²) in [5.74, 6) is -1.65. The highest BCUT2D eigenvalue weighted by molar-refractivity contribution is 5.99. The molecule has 0 radical (unpaired) electrons. The van der Waals surface area contributed by atoms with Crippen molar-refractivity contribution in [2.75, 3.05) is 23.4 Å². The molecule has 0 aromatic heterocycles. The standard InChI is InChI=1S/C20H20N2O5/c1-13-4-2-3-5-17(13)21-18(23)12-27-16-8-6-15(7-9-16)22-11-14(20(25)26)10-19(22)24/h2-9,14H,10-12H2,1H3,(H,21,23)(H,25,26). The van der Waals surface area contributed by atoms with Crippen molar-refractivity contribution in [3.8, 4) is 5.75 Å². The number of benzene rings is 2. The number of ether oxygens (including phenoxy) is 1. The SMILES string of the molecule is Cc1ccccc1NC(=O)COc1ccc(N2CC(C(=O)O)CC2=O)cc1. The zero-order chi connectivity index (χ0) is 19.4. The number of nitrogens with one attached hydrogen (secondary N) is 1. The maximum absolute atomic E-state index is 12.0. The van der Waals surface area contributed by atoms with Crippen LogP contribution in [0.4, 0.5) is 11.4 Å². The second-order valence-electron chi connectivity index (χ2n) is 6.39. The number of hydrogen-bond acceptors (Lipinski definition) is 4. The number of hydrogen-bond donors (Lipinski definition) is 2. The lowest BCUT2D eigenvalue weighted by Gasteiger charge is -2.16. The third kappa shape index (κ3) is 4.44. The molecule has 0 saturated carbocycles. The van der Waals surface area contributed by atoms with Gasteiger partial charge in [-0.05, 0) is 42.8 Å². The van der Waals surface area contributed by atoms with E-state index in [1.807, 2.05) is 31.2 Å². The number of rotatable bonds is 6. The molecule has 1 atom stereocenters. The molecular formula is C20H20N2O5. The molecule has 0 bridgehead atoms. The third-order valence-electron chi connectivity index (χ3n) is 4.41. The van der Waals surface area contributed by atoms with Crippen LogP contribution in [0.15, 0.2) is 48.5 Å². The first kappa shape index (κ1) is 18.4. The first-order valence-electron chi connectivity index (χ1n) is 8.55. The highest BCUT2D eigenvalue weighted by Crippen LogP contribution is 2.27. The zero-order valence-corrected chi connectivity index (χ0v) is 14.8. The van der Waals surface area contributed by atoms with Crippen molar-refractivity contribution >= 4 is 29.2 Å². The molecule has 1 aliphatic rings. The van der Waals surface area contributed by atoms with Gasteiger partial charge >= 0.3 is 5.97 Å². The molecule has 1 fully saturated rings. The van der Waals surface area contributed by atoms with E-state index in [4.69, 9.17) is 9.84 Å². The molecular weight excluding hydrogens is 348 g/mol. The summed E-state index contributed by atoms with van der Waals surface area (Å²) in [7, 11) is 0. The fourth-order valence-corrected chi connectivity index (χ4v) is 2.89. The summed E-state index contributed by atoms with van der Waals surface area (Å²) in [6, 6.07) is 14.1. The molecule has 1 heterocycles. The Morgan fingerprint density at radius 2 is 1.89 bits per heavy atom. The van der Waals surface area contributed by atoms with E-state index >= 15 is 0 Å². The van der Waals surface area contributed by atoms with E-state index < -0.39 is 11.9 Å². The fraction of sp³-hybridized carbons (Fsp3) is 0.250. The summed E-state index contributed by atoms with van der Waals surface area (Å²) in [5, 5.41) is 11.8. The van der Waals surface area contributed by atoms with Crippen LogP contribution in [0, 0.1) is 12.8 Å². The number of carbonyl (C=O) groups excluding carboxylic acids is 2. The van der Waals surface area contributed by atoms with Gasteiger partial charge in [-0.2, -0.15) is 0 Å². The summed E-state index contributed by atoms with van der Waals surface area (Å²) < 4.78 is 5.47. The highest BCUT2D eigenvalue weighted by Gasteiger charge is 2.34. The van der Waals surface area contributed by atoms with Gasteiger partial charge in [0, 0.05) is 24.3 Å². The van der Waals surface area contributed by atoms with E-state index in [1.165, 1.54) is 4.90 Å². The van der Waals surface area contributed by atoms with Crippen molar-refractivity contribution < 1.29 is 24.2 Å². The van der Waals surface area contributed by atoms with Crippen LogP contribution >= 0.6 is 0 Å². The molecule has 27 heavy (non-hydrogen) atoms. The van der Waals surface area contributed by atoms with Gasteiger partial charge in [0.05, 0.1) is 5.92 Å². The lowest BCUT2D eigenvalue weighted by atomic mass is 10.1. The summed E-state index contributed by atoms with van der Waals surface area (Å²) in [4.78, 5) is 36.5. The summed E-state index contributed by atoms with van der Waals surface area (Å²) in [6.45, 7) is 1.92. The molecule has 2 amide bonds. The summed E-state index contributed by atoms with van der Waals surface area (Å²) >= 11 is 0. The van der Waals surface area contributed by atoms with E-state index in [2.05, 4.69) is 5.32 Å². The summed E-state index contributed by atoms with van der Waals surface area (Å²) in [6.07, 6.45) is 0.00661. The smallest absolute Gasteiger partial charge is 0.308 e. The average molecular weight is 368 g/mol. The Morgan fingerprint density at radius 3 is 2.52 bits per heavy atom. The number of aliphatic carboxylic acids is 1. The molecule has 3 rings (SSSR count). The predicted octanol–water partition coefficient (Wildman–Crippen LogP) is 2.45. The largest absolute Gasteiger partial charge is 0.484 e. The quantitative estimate of drug-likeness (QED) is 0.816. The molecule has 1 unspecified atom stereocenters. The number of para-hydroxylation sites is 1. The maximum Gasteiger partial charge on any atom is 0.308 e. The number of carboxylic acids is 1. The maximum atomic E-state index is 12.0. The minimum Gasteiger partial charge on any atom is -0.484 e. The van der Waals surface area contributed by atoms with Crippen molar-refractivity contribution in [3.05, 3.63) is 54.1 Å². The molecule has 2 aromatic rings. The van der Waals surface area contributed by atoms with Gasteiger partial charge in [-0.25, -0.2) is 0 Å². The van der Waals surface area contributed by atoms with Crippen LogP contribution in [0.25, 0.3) is 0 Å². The second-order valence-corrected chi connectivity index (χ2v) is 6.39. The topological polar surface area (TPSA) is 95.9 Å². The number of aryl methyl sites for hydroxylation is 1. The van der Waals surface area contributed by atoms with E-state index in [9.17, 15) is 14.4 Å². The van der Waals surface area contributed by atoms with E-state index in [1.54, 1.807) is 24.3 Å². The highest BCUT2D eigenvalue weighted by atomic mass is 16.5. The minimum atomic E-state index is -0.967. The van der Waals surface area contributed by atoms with Gasteiger partial charge in [-0.1, -0.05) is 18.2 Å². The van der Waals surface area contributed by atoms with Crippen molar-refractivity contribution in [1.82, 2.24) is 0 Å². The van der Waals surface area contributed by atoms with Gasteiger partial charge in [0.2, 0.25) is 5.91 Å². The summed E-state index contributed by atoms with van der Waals surface area (Å²) in [5.41, 5.74) is 2.31. The van der Waals surface area contributed by atoms with Crippen LogP contribution in [-0.4, -0.2) is 36.0 Å². The normalized spacial score (nSPS) is 16.3.